The van der Waals surface area contributed by atoms with Gasteiger partial charge in [0.05, 0.1) is 23.9 Å². The zero-order valence-corrected chi connectivity index (χ0v) is 15.7. The van der Waals surface area contributed by atoms with Gasteiger partial charge in [-0.05, 0) is 36.4 Å². The minimum atomic E-state index is -0.422. The molecule has 1 unspecified atom stereocenters. The number of halogens is 1. The fourth-order valence-corrected chi connectivity index (χ4v) is 3.80. The molecule has 142 valence electrons. The highest BCUT2D eigenvalue weighted by Gasteiger charge is 2.34. The lowest BCUT2D eigenvalue weighted by molar-refractivity contribution is -0.128. The number of benzene rings is 1. The average Bonchev–Trinajstić information content (AvgIpc) is 3.30. The summed E-state index contributed by atoms with van der Waals surface area (Å²) in [6.07, 6.45) is 1.86. The Morgan fingerprint density at radius 1 is 1.25 bits per heavy atom. The molecule has 2 amide bonds. The number of thiazole rings is 1. The van der Waals surface area contributed by atoms with Crippen LogP contribution in [-0.2, 0) is 16.1 Å². The van der Waals surface area contributed by atoms with E-state index in [4.69, 9.17) is 0 Å². The second-order valence-corrected chi connectivity index (χ2v) is 7.39. The van der Waals surface area contributed by atoms with Gasteiger partial charge in [0.1, 0.15) is 5.82 Å². The van der Waals surface area contributed by atoms with E-state index >= 15 is 0 Å². The van der Waals surface area contributed by atoms with Gasteiger partial charge in [0.15, 0.2) is 5.13 Å². The summed E-state index contributed by atoms with van der Waals surface area (Å²) in [6, 6.07) is 11.6. The molecule has 1 atom stereocenters. The predicted molar refractivity (Wildman–Crippen MR) is 104 cm³/mol. The van der Waals surface area contributed by atoms with E-state index in [1.807, 2.05) is 18.2 Å². The molecular formula is C20H17FN4O2S. The Bertz CT molecular complexity index is 991. The zero-order chi connectivity index (χ0) is 19.5. The Kier molecular flexibility index (Phi) is 5.12. The van der Waals surface area contributed by atoms with E-state index in [2.05, 4.69) is 15.3 Å². The van der Waals surface area contributed by atoms with Crippen LogP contribution in [0.1, 0.15) is 12.1 Å². The van der Waals surface area contributed by atoms with Gasteiger partial charge in [-0.3, -0.25) is 14.6 Å². The molecule has 0 radical (unpaired) electrons. The molecule has 3 aromatic rings. The van der Waals surface area contributed by atoms with Crippen LogP contribution in [0.3, 0.4) is 0 Å². The number of aromatic nitrogens is 2. The molecule has 2 aromatic heterocycles. The SMILES string of the molecule is O=C(Nc1nc(-c2ccc(F)cc2)cs1)C1CC(=O)N(Cc2ccccn2)C1. The molecule has 1 aromatic carbocycles. The molecule has 3 heterocycles. The van der Waals surface area contributed by atoms with Crippen LogP contribution in [-0.4, -0.2) is 33.2 Å². The van der Waals surface area contributed by atoms with Gasteiger partial charge in [0.25, 0.3) is 0 Å². The van der Waals surface area contributed by atoms with E-state index in [9.17, 15) is 14.0 Å². The lowest BCUT2D eigenvalue weighted by atomic mass is 10.1. The number of nitrogens with zero attached hydrogens (tertiary/aromatic N) is 3. The molecular weight excluding hydrogens is 379 g/mol. The fourth-order valence-electron chi connectivity index (χ4n) is 3.08. The lowest BCUT2D eigenvalue weighted by Gasteiger charge is -2.15. The van der Waals surface area contributed by atoms with Crippen molar-refractivity contribution in [3.63, 3.8) is 0 Å². The number of nitrogens with one attached hydrogen (secondary N) is 1. The Hall–Kier alpha value is -3.13. The molecule has 0 spiro atoms. The summed E-state index contributed by atoms with van der Waals surface area (Å²) in [5.74, 6) is -1.02. The number of rotatable bonds is 5. The third-order valence-electron chi connectivity index (χ3n) is 4.54. The minimum absolute atomic E-state index is 0.0584. The molecule has 0 aliphatic carbocycles. The van der Waals surface area contributed by atoms with E-state index in [1.54, 1.807) is 28.6 Å². The number of hydrogen-bond donors (Lipinski definition) is 1. The van der Waals surface area contributed by atoms with Gasteiger partial charge in [0, 0.05) is 30.1 Å². The van der Waals surface area contributed by atoms with Gasteiger partial charge in [-0.15, -0.1) is 11.3 Å². The van der Waals surface area contributed by atoms with Gasteiger partial charge >= 0.3 is 0 Å². The molecule has 4 rings (SSSR count). The Morgan fingerprint density at radius 2 is 2.07 bits per heavy atom. The summed E-state index contributed by atoms with van der Waals surface area (Å²) in [5, 5.41) is 5.05. The van der Waals surface area contributed by atoms with Crippen molar-refractivity contribution in [3.8, 4) is 11.3 Å². The molecule has 1 N–H and O–H groups in total. The van der Waals surface area contributed by atoms with Crippen molar-refractivity contribution in [2.24, 2.45) is 5.92 Å². The first-order valence-electron chi connectivity index (χ1n) is 8.78. The number of pyridine rings is 1. The molecule has 1 saturated heterocycles. The molecule has 1 fully saturated rings. The van der Waals surface area contributed by atoms with Gasteiger partial charge in [-0.1, -0.05) is 6.07 Å². The maximum absolute atomic E-state index is 13.0. The van der Waals surface area contributed by atoms with Crippen LogP contribution in [0.25, 0.3) is 11.3 Å². The molecule has 0 bridgehead atoms. The monoisotopic (exact) mass is 396 g/mol. The molecule has 1 aliphatic heterocycles. The molecule has 28 heavy (non-hydrogen) atoms. The van der Waals surface area contributed by atoms with Crippen LogP contribution in [0.5, 0.6) is 0 Å². The largest absolute Gasteiger partial charge is 0.336 e. The first kappa shape index (κ1) is 18.2. The normalized spacial score (nSPS) is 16.4. The summed E-state index contributed by atoms with van der Waals surface area (Å²) < 4.78 is 13.0. The van der Waals surface area contributed by atoms with Gasteiger partial charge < -0.3 is 10.2 Å². The Morgan fingerprint density at radius 3 is 2.82 bits per heavy atom. The van der Waals surface area contributed by atoms with E-state index in [-0.39, 0.29) is 24.1 Å². The van der Waals surface area contributed by atoms with Gasteiger partial charge in [-0.25, -0.2) is 9.37 Å². The van der Waals surface area contributed by atoms with Crippen LogP contribution >= 0.6 is 11.3 Å². The van der Waals surface area contributed by atoms with Crippen LogP contribution in [0.4, 0.5) is 9.52 Å². The second-order valence-electron chi connectivity index (χ2n) is 6.53. The maximum atomic E-state index is 13.0. The van der Waals surface area contributed by atoms with Crippen molar-refractivity contribution >= 4 is 28.3 Å². The molecule has 8 heteroatoms. The lowest BCUT2D eigenvalue weighted by Crippen LogP contribution is -2.28. The maximum Gasteiger partial charge on any atom is 0.231 e. The predicted octanol–water partition coefficient (Wildman–Crippen LogP) is 3.33. The second kappa shape index (κ2) is 7.85. The van der Waals surface area contributed by atoms with E-state index in [0.717, 1.165) is 11.3 Å². The third-order valence-corrected chi connectivity index (χ3v) is 5.30. The fraction of sp³-hybridized carbons (Fsp3) is 0.200. The van der Waals surface area contributed by atoms with E-state index < -0.39 is 5.92 Å². The summed E-state index contributed by atoms with van der Waals surface area (Å²) in [7, 11) is 0. The topological polar surface area (TPSA) is 75.2 Å². The Labute approximate surface area is 165 Å². The highest BCUT2D eigenvalue weighted by Crippen LogP contribution is 2.27. The quantitative estimate of drug-likeness (QED) is 0.718. The summed E-state index contributed by atoms with van der Waals surface area (Å²) in [5.41, 5.74) is 2.23. The smallest absolute Gasteiger partial charge is 0.231 e. The number of amides is 2. The van der Waals surface area contributed by atoms with Crippen LogP contribution in [0.2, 0.25) is 0 Å². The van der Waals surface area contributed by atoms with Crippen molar-refractivity contribution in [1.29, 1.82) is 0 Å². The standard InChI is InChI=1S/C20H17FN4O2S/c21-15-6-4-13(5-7-15)17-12-28-20(23-17)24-19(27)14-9-18(26)25(10-14)11-16-3-1-2-8-22-16/h1-8,12,14H,9-11H2,(H,23,24,27). The highest BCUT2D eigenvalue weighted by atomic mass is 32.1. The van der Waals surface area contributed by atoms with Crippen molar-refractivity contribution < 1.29 is 14.0 Å². The van der Waals surface area contributed by atoms with Crippen molar-refractivity contribution in [3.05, 3.63) is 65.6 Å². The van der Waals surface area contributed by atoms with Crippen molar-refractivity contribution in [1.82, 2.24) is 14.9 Å². The minimum Gasteiger partial charge on any atom is -0.336 e. The average molecular weight is 396 g/mol. The van der Waals surface area contributed by atoms with E-state index in [1.165, 1.54) is 23.5 Å². The Balaban J connectivity index is 1.38. The van der Waals surface area contributed by atoms with Crippen LogP contribution in [0.15, 0.2) is 54.0 Å². The highest BCUT2D eigenvalue weighted by molar-refractivity contribution is 7.14. The first-order valence-corrected chi connectivity index (χ1v) is 9.66. The zero-order valence-electron chi connectivity index (χ0n) is 14.8. The number of hydrogen-bond acceptors (Lipinski definition) is 5. The summed E-state index contributed by atoms with van der Waals surface area (Å²) >= 11 is 1.29. The summed E-state index contributed by atoms with van der Waals surface area (Å²) in [4.78, 5) is 35.1. The van der Waals surface area contributed by atoms with Gasteiger partial charge in [-0.2, -0.15) is 0 Å². The third kappa shape index (κ3) is 4.07. The van der Waals surface area contributed by atoms with Crippen molar-refractivity contribution in [2.45, 2.75) is 13.0 Å². The van der Waals surface area contributed by atoms with Crippen LogP contribution in [0, 0.1) is 11.7 Å². The molecule has 0 saturated carbocycles. The number of carbonyl (C=O) groups excluding carboxylic acids is 2. The number of anilines is 1. The van der Waals surface area contributed by atoms with Crippen LogP contribution < -0.4 is 5.32 Å². The summed E-state index contributed by atoms with van der Waals surface area (Å²) in [6.45, 7) is 0.757. The van der Waals surface area contributed by atoms with Crippen molar-refractivity contribution in [2.75, 3.05) is 11.9 Å². The first-order chi connectivity index (χ1) is 13.6. The molecule has 6 nitrogen and oxygen atoms in total. The molecule has 1 aliphatic rings. The van der Waals surface area contributed by atoms with E-state index in [0.29, 0.717) is 23.9 Å². The number of carbonyl (C=O) groups is 2. The number of likely N-dealkylation sites (tertiary alicyclic amines) is 1. The van der Waals surface area contributed by atoms with Gasteiger partial charge in [0.2, 0.25) is 11.8 Å².